The van der Waals surface area contributed by atoms with Gasteiger partial charge in [-0.05, 0) is 43.2 Å². The van der Waals surface area contributed by atoms with E-state index in [-0.39, 0.29) is 25.1 Å². The summed E-state index contributed by atoms with van der Waals surface area (Å²) in [7, 11) is 0. The fraction of sp³-hybridized carbons (Fsp3) is 0.263. The number of benzene rings is 2. The molecule has 1 aliphatic heterocycles. The number of Topliss-reactive ketones (excluding diaryl/α,β-unsaturated/α-hetero) is 1. The van der Waals surface area contributed by atoms with E-state index in [0.29, 0.717) is 35.8 Å². The Labute approximate surface area is 145 Å². The van der Waals surface area contributed by atoms with Crippen LogP contribution < -0.4 is 19.5 Å². The Morgan fingerprint density at radius 2 is 1.84 bits per heavy atom. The molecule has 2 aromatic carbocycles. The van der Waals surface area contributed by atoms with Crippen LogP contribution in [-0.4, -0.2) is 25.1 Å². The Morgan fingerprint density at radius 1 is 1.08 bits per heavy atom. The van der Waals surface area contributed by atoms with Gasteiger partial charge in [-0.1, -0.05) is 12.1 Å². The van der Waals surface area contributed by atoms with Crippen molar-refractivity contribution >= 4 is 17.4 Å². The number of amides is 1. The van der Waals surface area contributed by atoms with Gasteiger partial charge in [-0.2, -0.15) is 0 Å². The van der Waals surface area contributed by atoms with E-state index < -0.39 is 0 Å². The third-order valence-corrected chi connectivity index (χ3v) is 3.72. The maximum atomic E-state index is 12.0. The first-order valence-electron chi connectivity index (χ1n) is 8.01. The van der Waals surface area contributed by atoms with E-state index in [9.17, 15) is 9.59 Å². The van der Waals surface area contributed by atoms with E-state index in [1.165, 1.54) is 0 Å². The first-order valence-corrected chi connectivity index (χ1v) is 8.01. The summed E-state index contributed by atoms with van der Waals surface area (Å²) in [4.78, 5) is 23.0. The molecule has 0 saturated heterocycles. The summed E-state index contributed by atoms with van der Waals surface area (Å²) < 4.78 is 16.0. The fourth-order valence-corrected chi connectivity index (χ4v) is 2.39. The monoisotopic (exact) mass is 341 g/mol. The first kappa shape index (κ1) is 16.8. The topological polar surface area (TPSA) is 73.9 Å². The highest BCUT2D eigenvalue weighted by Gasteiger charge is 2.14. The van der Waals surface area contributed by atoms with Gasteiger partial charge in [0.25, 0.3) is 5.91 Å². The third-order valence-electron chi connectivity index (χ3n) is 3.72. The number of fused-ring (bicyclic) bond motifs is 1. The number of ether oxygens (including phenoxy) is 3. The van der Waals surface area contributed by atoms with E-state index in [1.807, 2.05) is 12.1 Å². The lowest BCUT2D eigenvalue weighted by molar-refractivity contribution is -0.118. The Kier molecular flexibility index (Phi) is 5.18. The van der Waals surface area contributed by atoms with Crippen molar-refractivity contribution < 1.29 is 23.8 Å². The number of ketones is 1. The van der Waals surface area contributed by atoms with Gasteiger partial charge >= 0.3 is 0 Å². The van der Waals surface area contributed by atoms with Gasteiger partial charge in [0.05, 0.1) is 0 Å². The van der Waals surface area contributed by atoms with Crippen molar-refractivity contribution in [3.8, 4) is 17.2 Å². The standard InChI is InChI=1S/C19H19NO5/c1-13(21)2-3-14-4-7-16(8-5-14)23-11-19(22)20-15-6-9-17-18(10-15)25-12-24-17/h4-10H,2-3,11-12H2,1H3,(H,20,22). The van der Waals surface area contributed by atoms with Crippen molar-refractivity contribution in [3.63, 3.8) is 0 Å². The van der Waals surface area contributed by atoms with Crippen LogP contribution in [0.2, 0.25) is 0 Å². The van der Waals surface area contributed by atoms with Crippen molar-refractivity contribution in [2.45, 2.75) is 19.8 Å². The van der Waals surface area contributed by atoms with Crippen molar-refractivity contribution in [2.24, 2.45) is 0 Å². The minimum absolute atomic E-state index is 0.0960. The minimum Gasteiger partial charge on any atom is -0.484 e. The Morgan fingerprint density at radius 3 is 2.60 bits per heavy atom. The zero-order chi connectivity index (χ0) is 17.6. The average Bonchev–Trinajstić information content (AvgIpc) is 3.07. The number of rotatable bonds is 7. The van der Waals surface area contributed by atoms with Gasteiger partial charge in [0.1, 0.15) is 11.5 Å². The quantitative estimate of drug-likeness (QED) is 0.838. The number of hydrogen-bond donors (Lipinski definition) is 1. The molecule has 1 N–H and O–H groups in total. The average molecular weight is 341 g/mol. The third kappa shape index (κ3) is 4.73. The molecule has 1 aliphatic rings. The fourth-order valence-electron chi connectivity index (χ4n) is 2.39. The van der Waals surface area contributed by atoms with Crippen molar-refractivity contribution in [3.05, 3.63) is 48.0 Å². The molecule has 1 heterocycles. The summed E-state index contributed by atoms with van der Waals surface area (Å²) in [6.45, 7) is 1.68. The molecule has 25 heavy (non-hydrogen) atoms. The highest BCUT2D eigenvalue weighted by molar-refractivity contribution is 5.92. The number of anilines is 1. The predicted octanol–water partition coefficient (Wildman–Crippen LogP) is 2.95. The molecule has 0 fully saturated rings. The van der Waals surface area contributed by atoms with E-state index in [4.69, 9.17) is 14.2 Å². The molecular weight excluding hydrogens is 322 g/mol. The second-order valence-electron chi connectivity index (χ2n) is 5.75. The molecular formula is C19H19NO5. The second kappa shape index (κ2) is 7.70. The van der Waals surface area contributed by atoms with Crippen molar-refractivity contribution in [1.29, 1.82) is 0 Å². The SMILES string of the molecule is CC(=O)CCc1ccc(OCC(=O)Nc2ccc3c(c2)OCO3)cc1. The van der Waals surface area contributed by atoms with Gasteiger partial charge in [0, 0.05) is 18.2 Å². The van der Waals surface area contributed by atoms with E-state index in [2.05, 4.69) is 5.32 Å². The highest BCUT2D eigenvalue weighted by Crippen LogP contribution is 2.34. The van der Waals surface area contributed by atoms with E-state index >= 15 is 0 Å². The molecule has 0 atom stereocenters. The number of hydrogen-bond acceptors (Lipinski definition) is 5. The molecule has 6 heteroatoms. The molecule has 0 aromatic heterocycles. The van der Waals surface area contributed by atoms with Gasteiger partial charge in [-0.15, -0.1) is 0 Å². The summed E-state index contributed by atoms with van der Waals surface area (Å²) >= 11 is 0. The summed E-state index contributed by atoms with van der Waals surface area (Å²) in [6.07, 6.45) is 1.23. The lowest BCUT2D eigenvalue weighted by Gasteiger charge is -2.09. The Bertz CT molecular complexity index is 770. The van der Waals surface area contributed by atoms with Gasteiger partial charge in [0.15, 0.2) is 18.1 Å². The summed E-state index contributed by atoms with van der Waals surface area (Å²) in [5.41, 5.74) is 1.68. The van der Waals surface area contributed by atoms with Crippen LogP contribution >= 0.6 is 0 Å². The maximum absolute atomic E-state index is 12.0. The number of nitrogens with one attached hydrogen (secondary N) is 1. The maximum Gasteiger partial charge on any atom is 0.262 e. The van der Waals surface area contributed by atoms with E-state index in [1.54, 1.807) is 37.3 Å². The zero-order valence-electron chi connectivity index (χ0n) is 13.9. The Balaban J connectivity index is 1.48. The van der Waals surface area contributed by atoms with Crippen LogP contribution in [0.4, 0.5) is 5.69 Å². The molecule has 130 valence electrons. The van der Waals surface area contributed by atoms with Crippen molar-refractivity contribution in [2.75, 3.05) is 18.7 Å². The van der Waals surface area contributed by atoms with Crippen LogP contribution in [0.15, 0.2) is 42.5 Å². The first-order chi connectivity index (χ1) is 12.1. The predicted molar refractivity (Wildman–Crippen MR) is 92.1 cm³/mol. The highest BCUT2D eigenvalue weighted by atomic mass is 16.7. The van der Waals surface area contributed by atoms with Crippen LogP contribution in [0.25, 0.3) is 0 Å². The number of carbonyl (C=O) groups excluding carboxylic acids is 2. The lowest BCUT2D eigenvalue weighted by atomic mass is 10.1. The van der Waals surface area contributed by atoms with Crippen LogP contribution in [0, 0.1) is 0 Å². The molecule has 0 unspecified atom stereocenters. The minimum atomic E-state index is -0.264. The van der Waals surface area contributed by atoms with Crippen LogP contribution in [0.3, 0.4) is 0 Å². The van der Waals surface area contributed by atoms with Crippen LogP contribution in [0.1, 0.15) is 18.9 Å². The van der Waals surface area contributed by atoms with Gasteiger partial charge in [-0.25, -0.2) is 0 Å². The molecule has 0 aliphatic carbocycles. The van der Waals surface area contributed by atoms with Crippen molar-refractivity contribution in [1.82, 2.24) is 0 Å². The second-order valence-corrected chi connectivity index (χ2v) is 5.75. The largest absolute Gasteiger partial charge is 0.484 e. The Hall–Kier alpha value is -3.02. The zero-order valence-corrected chi connectivity index (χ0v) is 13.9. The van der Waals surface area contributed by atoms with Crippen LogP contribution in [-0.2, 0) is 16.0 Å². The normalized spacial score (nSPS) is 11.9. The van der Waals surface area contributed by atoms with Crippen LogP contribution in [0.5, 0.6) is 17.2 Å². The lowest BCUT2D eigenvalue weighted by Crippen LogP contribution is -2.20. The van der Waals surface area contributed by atoms with Gasteiger partial charge < -0.3 is 24.3 Å². The molecule has 2 aromatic rings. The molecule has 1 amide bonds. The number of carbonyl (C=O) groups is 2. The van der Waals surface area contributed by atoms with E-state index in [0.717, 1.165) is 5.56 Å². The molecule has 0 saturated carbocycles. The number of aryl methyl sites for hydroxylation is 1. The summed E-state index contributed by atoms with van der Waals surface area (Å²) in [5, 5.41) is 2.75. The summed E-state index contributed by atoms with van der Waals surface area (Å²) in [6, 6.07) is 12.6. The van der Waals surface area contributed by atoms with Gasteiger partial charge in [0.2, 0.25) is 6.79 Å². The molecule has 0 spiro atoms. The summed E-state index contributed by atoms with van der Waals surface area (Å²) in [5.74, 6) is 1.78. The molecule has 0 bridgehead atoms. The van der Waals surface area contributed by atoms with Gasteiger partial charge in [-0.3, -0.25) is 4.79 Å². The molecule has 0 radical (unpaired) electrons. The smallest absolute Gasteiger partial charge is 0.262 e. The molecule has 6 nitrogen and oxygen atoms in total. The molecule has 3 rings (SSSR count).